The molecule has 2 unspecified atom stereocenters. The molecule has 2 nitrogen and oxygen atoms in total. The molecule has 0 aliphatic heterocycles. The molecular formula is C12H25NO. The summed E-state index contributed by atoms with van der Waals surface area (Å²) in [6, 6.07) is 1.18. The third kappa shape index (κ3) is 3.58. The van der Waals surface area contributed by atoms with Crippen LogP contribution in [0.2, 0.25) is 0 Å². The SMILES string of the molecule is CCC(NC(CCO)C1CC1)C(C)C. The molecule has 2 heteroatoms. The lowest BCUT2D eigenvalue weighted by molar-refractivity contribution is 0.236. The number of hydrogen-bond acceptors (Lipinski definition) is 2. The van der Waals surface area contributed by atoms with Crippen molar-refractivity contribution in [3.05, 3.63) is 0 Å². The molecule has 1 saturated carbocycles. The van der Waals surface area contributed by atoms with Crippen LogP contribution in [0.3, 0.4) is 0 Å². The van der Waals surface area contributed by atoms with Crippen molar-refractivity contribution in [3.63, 3.8) is 0 Å². The van der Waals surface area contributed by atoms with E-state index in [0.29, 0.717) is 24.6 Å². The van der Waals surface area contributed by atoms with Crippen LogP contribution in [0, 0.1) is 11.8 Å². The van der Waals surface area contributed by atoms with Gasteiger partial charge in [0.15, 0.2) is 0 Å². The van der Waals surface area contributed by atoms with Gasteiger partial charge in [-0.25, -0.2) is 0 Å². The zero-order chi connectivity index (χ0) is 10.6. The molecule has 2 atom stereocenters. The largest absolute Gasteiger partial charge is 0.396 e. The molecule has 0 radical (unpaired) electrons. The highest BCUT2D eigenvalue weighted by atomic mass is 16.3. The molecule has 84 valence electrons. The second kappa shape index (κ2) is 5.72. The van der Waals surface area contributed by atoms with Gasteiger partial charge < -0.3 is 10.4 Å². The lowest BCUT2D eigenvalue weighted by Gasteiger charge is -2.27. The summed E-state index contributed by atoms with van der Waals surface area (Å²) in [4.78, 5) is 0. The van der Waals surface area contributed by atoms with Gasteiger partial charge in [-0.3, -0.25) is 0 Å². The minimum absolute atomic E-state index is 0.322. The van der Waals surface area contributed by atoms with Gasteiger partial charge in [0.05, 0.1) is 0 Å². The predicted molar refractivity (Wildman–Crippen MR) is 60.3 cm³/mol. The van der Waals surface area contributed by atoms with Gasteiger partial charge in [0, 0.05) is 18.7 Å². The van der Waals surface area contributed by atoms with Crippen molar-refractivity contribution in [3.8, 4) is 0 Å². The topological polar surface area (TPSA) is 32.3 Å². The second-order valence-electron chi connectivity index (χ2n) is 4.88. The summed E-state index contributed by atoms with van der Waals surface area (Å²) in [5, 5.41) is 12.7. The molecule has 0 saturated heterocycles. The van der Waals surface area contributed by atoms with Crippen LogP contribution >= 0.6 is 0 Å². The number of aliphatic hydroxyl groups excluding tert-OH is 1. The number of nitrogens with one attached hydrogen (secondary N) is 1. The van der Waals surface area contributed by atoms with E-state index in [0.717, 1.165) is 12.3 Å². The average molecular weight is 199 g/mol. The average Bonchev–Trinajstić information content (AvgIpc) is 2.94. The molecule has 0 spiro atoms. The lowest BCUT2D eigenvalue weighted by Crippen LogP contribution is -2.42. The first-order valence-corrected chi connectivity index (χ1v) is 6.06. The van der Waals surface area contributed by atoms with Gasteiger partial charge in [-0.05, 0) is 37.5 Å². The Hall–Kier alpha value is -0.0800. The van der Waals surface area contributed by atoms with Crippen LogP contribution in [-0.4, -0.2) is 23.8 Å². The normalized spacial score (nSPS) is 21.2. The van der Waals surface area contributed by atoms with Crippen molar-refractivity contribution in [1.82, 2.24) is 5.32 Å². The Bertz CT molecular complexity index is 154. The van der Waals surface area contributed by atoms with Crippen molar-refractivity contribution >= 4 is 0 Å². The van der Waals surface area contributed by atoms with Gasteiger partial charge in [-0.1, -0.05) is 20.8 Å². The van der Waals surface area contributed by atoms with E-state index in [9.17, 15) is 0 Å². The Morgan fingerprint density at radius 2 is 2.00 bits per heavy atom. The molecule has 1 aliphatic carbocycles. The molecule has 1 fully saturated rings. The molecule has 0 heterocycles. The molecule has 0 amide bonds. The van der Waals surface area contributed by atoms with Gasteiger partial charge in [0.1, 0.15) is 0 Å². The number of hydrogen-bond donors (Lipinski definition) is 2. The first kappa shape index (κ1) is 12.0. The van der Waals surface area contributed by atoms with Crippen LogP contribution < -0.4 is 5.32 Å². The van der Waals surface area contributed by atoms with Crippen LogP contribution in [-0.2, 0) is 0 Å². The van der Waals surface area contributed by atoms with Gasteiger partial charge >= 0.3 is 0 Å². The monoisotopic (exact) mass is 199 g/mol. The molecule has 0 aromatic carbocycles. The molecule has 14 heavy (non-hydrogen) atoms. The first-order chi connectivity index (χ1) is 6.69. The third-order valence-corrected chi connectivity index (χ3v) is 3.30. The van der Waals surface area contributed by atoms with E-state index in [1.54, 1.807) is 0 Å². The number of aliphatic hydroxyl groups is 1. The van der Waals surface area contributed by atoms with Crippen molar-refractivity contribution in [2.24, 2.45) is 11.8 Å². The van der Waals surface area contributed by atoms with E-state index in [2.05, 4.69) is 26.1 Å². The van der Waals surface area contributed by atoms with Gasteiger partial charge in [-0.15, -0.1) is 0 Å². The smallest absolute Gasteiger partial charge is 0.0445 e. The first-order valence-electron chi connectivity index (χ1n) is 6.06. The van der Waals surface area contributed by atoms with Crippen LogP contribution in [0.4, 0.5) is 0 Å². The van der Waals surface area contributed by atoms with Crippen molar-refractivity contribution in [2.75, 3.05) is 6.61 Å². The standard InChI is InChI=1S/C12H25NO/c1-4-11(9(2)3)13-12(7-8-14)10-5-6-10/h9-14H,4-8H2,1-3H3. The molecule has 2 N–H and O–H groups in total. The summed E-state index contributed by atoms with van der Waals surface area (Å²) in [5.41, 5.74) is 0. The Balaban J connectivity index is 2.35. The Kier molecular flexibility index (Phi) is 4.90. The molecule has 0 aromatic heterocycles. The fourth-order valence-corrected chi connectivity index (χ4v) is 2.15. The Morgan fingerprint density at radius 1 is 1.36 bits per heavy atom. The highest BCUT2D eigenvalue weighted by molar-refractivity contribution is 4.88. The zero-order valence-electron chi connectivity index (χ0n) is 9.79. The van der Waals surface area contributed by atoms with Crippen LogP contribution in [0.5, 0.6) is 0 Å². The molecule has 1 rings (SSSR count). The molecule has 1 aliphatic rings. The Labute approximate surface area is 88.1 Å². The van der Waals surface area contributed by atoms with Gasteiger partial charge in [0.25, 0.3) is 0 Å². The van der Waals surface area contributed by atoms with Crippen molar-refractivity contribution in [1.29, 1.82) is 0 Å². The van der Waals surface area contributed by atoms with Gasteiger partial charge in [-0.2, -0.15) is 0 Å². The quantitative estimate of drug-likeness (QED) is 0.658. The summed E-state index contributed by atoms with van der Waals surface area (Å²) in [7, 11) is 0. The van der Waals surface area contributed by atoms with E-state index in [-0.39, 0.29) is 0 Å². The maximum Gasteiger partial charge on any atom is 0.0445 e. The van der Waals surface area contributed by atoms with E-state index >= 15 is 0 Å². The minimum Gasteiger partial charge on any atom is -0.396 e. The number of rotatable bonds is 7. The van der Waals surface area contributed by atoms with Gasteiger partial charge in [0.2, 0.25) is 0 Å². The summed E-state index contributed by atoms with van der Waals surface area (Å²) in [6.45, 7) is 7.09. The van der Waals surface area contributed by atoms with Crippen molar-refractivity contribution < 1.29 is 5.11 Å². The maximum atomic E-state index is 9.00. The third-order valence-electron chi connectivity index (χ3n) is 3.30. The highest BCUT2D eigenvalue weighted by Crippen LogP contribution is 2.34. The lowest BCUT2D eigenvalue weighted by atomic mass is 9.99. The van der Waals surface area contributed by atoms with E-state index in [1.807, 2.05) is 0 Å². The van der Waals surface area contributed by atoms with Crippen LogP contribution in [0.15, 0.2) is 0 Å². The van der Waals surface area contributed by atoms with E-state index in [1.165, 1.54) is 19.3 Å². The molecule has 0 bridgehead atoms. The van der Waals surface area contributed by atoms with Crippen molar-refractivity contribution in [2.45, 2.75) is 58.5 Å². The fourth-order valence-electron chi connectivity index (χ4n) is 2.15. The van der Waals surface area contributed by atoms with Crippen LogP contribution in [0.25, 0.3) is 0 Å². The maximum absolute atomic E-state index is 9.00. The molecular weight excluding hydrogens is 174 g/mol. The van der Waals surface area contributed by atoms with E-state index < -0.39 is 0 Å². The molecule has 0 aromatic rings. The fraction of sp³-hybridized carbons (Fsp3) is 1.00. The Morgan fingerprint density at radius 3 is 2.36 bits per heavy atom. The summed E-state index contributed by atoms with van der Waals surface area (Å²) in [5.74, 6) is 1.54. The summed E-state index contributed by atoms with van der Waals surface area (Å²) < 4.78 is 0. The summed E-state index contributed by atoms with van der Waals surface area (Å²) in [6.07, 6.45) is 4.82. The predicted octanol–water partition coefficient (Wildman–Crippen LogP) is 2.17. The highest BCUT2D eigenvalue weighted by Gasteiger charge is 2.32. The minimum atomic E-state index is 0.322. The second-order valence-corrected chi connectivity index (χ2v) is 4.88. The summed E-state index contributed by atoms with van der Waals surface area (Å²) >= 11 is 0. The van der Waals surface area contributed by atoms with E-state index in [4.69, 9.17) is 5.11 Å². The van der Waals surface area contributed by atoms with Crippen LogP contribution in [0.1, 0.15) is 46.5 Å². The zero-order valence-corrected chi connectivity index (χ0v) is 9.79.